The van der Waals surface area contributed by atoms with E-state index in [1.165, 1.54) is 18.2 Å². The predicted octanol–water partition coefficient (Wildman–Crippen LogP) is 0.235. The number of carbonyl (C=O) groups is 2. The number of ether oxygens (including phenoxy) is 2. The number of hydrogen-bond donors (Lipinski definition) is 3. The van der Waals surface area contributed by atoms with Gasteiger partial charge in [-0.3, -0.25) is 9.59 Å². The third-order valence-electron chi connectivity index (χ3n) is 4.13. The smallest absolute Gasteiger partial charge is 0.279 e. The van der Waals surface area contributed by atoms with E-state index in [1.54, 1.807) is 13.1 Å². The van der Waals surface area contributed by atoms with E-state index in [9.17, 15) is 14.0 Å². The van der Waals surface area contributed by atoms with E-state index < -0.39 is 5.82 Å². The second-order valence-electron chi connectivity index (χ2n) is 6.67. The van der Waals surface area contributed by atoms with Crippen molar-refractivity contribution in [3.05, 3.63) is 54.3 Å². The van der Waals surface area contributed by atoms with Crippen LogP contribution in [0.4, 0.5) is 10.1 Å². The Bertz CT molecular complexity index is 846. The maximum Gasteiger partial charge on any atom is 0.279 e. The predicted molar refractivity (Wildman–Crippen MR) is 101 cm³/mol. The lowest BCUT2D eigenvalue weighted by Crippen LogP contribution is -3.11. The highest BCUT2D eigenvalue weighted by molar-refractivity contribution is 5.91. The van der Waals surface area contributed by atoms with Crippen LogP contribution >= 0.6 is 0 Å². The molecule has 7 nitrogen and oxygen atoms in total. The van der Waals surface area contributed by atoms with Crippen LogP contribution in [0.15, 0.2) is 48.5 Å². The van der Waals surface area contributed by atoms with Crippen LogP contribution in [0.1, 0.15) is 0 Å². The lowest BCUT2D eigenvalue weighted by Gasteiger charge is -2.26. The molecule has 0 radical (unpaired) electrons. The lowest BCUT2D eigenvalue weighted by atomic mass is 10.2. The Morgan fingerprint density at radius 2 is 1.86 bits per heavy atom. The van der Waals surface area contributed by atoms with Crippen molar-refractivity contribution in [1.82, 2.24) is 5.32 Å². The largest absolute Gasteiger partial charge is 0.486 e. The number of rotatable bonds is 7. The minimum absolute atomic E-state index is 0.0837. The van der Waals surface area contributed by atoms with Gasteiger partial charge in [0, 0.05) is 5.69 Å². The first-order chi connectivity index (χ1) is 13.5. The quantitative estimate of drug-likeness (QED) is 0.635. The Labute approximate surface area is 162 Å². The fourth-order valence-corrected chi connectivity index (χ4v) is 2.84. The maximum atomic E-state index is 13.1. The lowest BCUT2D eigenvalue weighted by molar-refractivity contribution is -0.862. The Morgan fingerprint density at radius 3 is 2.64 bits per heavy atom. The first-order valence-electron chi connectivity index (χ1n) is 9.01. The van der Waals surface area contributed by atoms with E-state index >= 15 is 0 Å². The zero-order valence-corrected chi connectivity index (χ0v) is 15.5. The van der Waals surface area contributed by atoms with E-state index in [-0.39, 0.29) is 31.0 Å². The van der Waals surface area contributed by atoms with Gasteiger partial charge in [-0.1, -0.05) is 18.2 Å². The molecule has 1 aliphatic rings. The van der Waals surface area contributed by atoms with Crippen molar-refractivity contribution >= 4 is 17.5 Å². The molecule has 0 saturated carbocycles. The molecule has 0 spiro atoms. The van der Waals surface area contributed by atoms with Gasteiger partial charge >= 0.3 is 0 Å². The van der Waals surface area contributed by atoms with Crippen molar-refractivity contribution in [3.63, 3.8) is 0 Å². The van der Waals surface area contributed by atoms with Crippen LogP contribution in [-0.4, -0.2) is 51.2 Å². The van der Waals surface area contributed by atoms with E-state index in [2.05, 4.69) is 10.6 Å². The van der Waals surface area contributed by atoms with Gasteiger partial charge in [-0.15, -0.1) is 0 Å². The zero-order valence-electron chi connectivity index (χ0n) is 15.5. The van der Waals surface area contributed by atoms with Crippen LogP contribution in [0.2, 0.25) is 0 Å². The summed E-state index contributed by atoms with van der Waals surface area (Å²) in [5.74, 6) is 0.438. The molecule has 2 aromatic rings. The minimum Gasteiger partial charge on any atom is -0.486 e. The van der Waals surface area contributed by atoms with Gasteiger partial charge in [-0.05, 0) is 30.3 Å². The van der Waals surface area contributed by atoms with Crippen LogP contribution in [0.5, 0.6) is 11.5 Å². The van der Waals surface area contributed by atoms with Gasteiger partial charge in [0.15, 0.2) is 24.6 Å². The molecule has 1 aliphatic heterocycles. The molecule has 0 fully saturated rings. The molecule has 0 bridgehead atoms. The van der Waals surface area contributed by atoms with Crippen LogP contribution in [-0.2, 0) is 9.59 Å². The maximum absolute atomic E-state index is 13.1. The highest BCUT2D eigenvalue weighted by Gasteiger charge is 2.22. The van der Waals surface area contributed by atoms with Crippen molar-refractivity contribution in [2.75, 3.05) is 38.6 Å². The van der Waals surface area contributed by atoms with Crippen molar-refractivity contribution in [3.8, 4) is 11.5 Å². The molecule has 0 aliphatic carbocycles. The molecule has 8 heteroatoms. The number of fused-ring (bicyclic) bond motifs is 1. The van der Waals surface area contributed by atoms with Gasteiger partial charge in [-0.2, -0.15) is 0 Å². The number of halogens is 1. The van der Waals surface area contributed by atoms with Crippen LogP contribution in [0.3, 0.4) is 0 Å². The topological polar surface area (TPSA) is 81.1 Å². The van der Waals surface area contributed by atoms with E-state index in [4.69, 9.17) is 9.47 Å². The van der Waals surface area contributed by atoms with Crippen LogP contribution in [0.25, 0.3) is 0 Å². The molecule has 28 heavy (non-hydrogen) atoms. The number of carbonyl (C=O) groups excluding carboxylic acids is 2. The monoisotopic (exact) mass is 388 g/mol. The van der Waals surface area contributed by atoms with Crippen LogP contribution in [0, 0.1) is 5.82 Å². The summed E-state index contributed by atoms with van der Waals surface area (Å²) in [6, 6.07) is 13.0. The van der Waals surface area contributed by atoms with Gasteiger partial charge in [0.2, 0.25) is 0 Å². The van der Waals surface area contributed by atoms with Gasteiger partial charge in [0.25, 0.3) is 11.8 Å². The molecule has 0 aromatic heterocycles. The molecule has 2 aromatic carbocycles. The molecule has 1 unspecified atom stereocenters. The first kappa shape index (κ1) is 19.6. The summed E-state index contributed by atoms with van der Waals surface area (Å²) in [6.45, 7) is 0.882. The Balaban J connectivity index is 1.38. The van der Waals surface area contributed by atoms with Crippen LogP contribution < -0.4 is 25.0 Å². The first-order valence-corrected chi connectivity index (χ1v) is 9.01. The molecule has 2 atom stereocenters. The van der Waals surface area contributed by atoms with Gasteiger partial charge in [-0.25, -0.2) is 4.39 Å². The number of hydrogen-bond acceptors (Lipinski definition) is 4. The molecule has 3 N–H and O–H groups in total. The minimum atomic E-state index is -0.422. The molecule has 1 heterocycles. The van der Waals surface area contributed by atoms with Gasteiger partial charge in [0.05, 0.1) is 13.6 Å². The summed E-state index contributed by atoms with van der Waals surface area (Å²) in [4.78, 5) is 24.8. The Kier molecular flexibility index (Phi) is 6.44. The van der Waals surface area contributed by atoms with Gasteiger partial charge < -0.3 is 25.0 Å². The zero-order chi connectivity index (χ0) is 19.9. The SMILES string of the molecule is C[NH+](CC(=O)NC[C@H]1COc2ccccc2O1)CC(=O)Nc1cccc(F)c1. The molecular formula is C20H23FN3O4+. The summed E-state index contributed by atoms with van der Waals surface area (Å²) in [6.07, 6.45) is -0.268. The van der Waals surface area contributed by atoms with Gasteiger partial charge in [0.1, 0.15) is 18.5 Å². The summed E-state index contributed by atoms with van der Waals surface area (Å²) in [5.41, 5.74) is 0.386. The third-order valence-corrected chi connectivity index (χ3v) is 4.13. The number of benzene rings is 2. The molecule has 2 amide bonds. The highest BCUT2D eigenvalue weighted by Crippen LogP contribution is 2.30. The average Bonchev–Trinajstić information content (AvgIpc) is 2.66. The second kappa shape index (κ2) is 9.18. The number of nitrogens with one attached hydrogen (secondary N) is 3. The summed E-state index contributed by atoms with van der Waals surface area (Å²) >= 11 is 0. The number of amides is 2. The highest BCUT2D eigenvalue weighted by atomic mass is 19.1. The number of para-hydroxylation sites is 2. The van der Waals surface area contributed by atoms with E-state index in [0.29, 0.717) is 35.2 Å². The number of likely N-dealkylation sites (N-methyl/N-ethyl adjacent to an activating group) is 1. The standard InChI is InChI=1S/C20H22FN3O4/c1-24(12-20(26)23-15-6-4-5-14(21)9-15)11-19(25)22-10-16-13-27-17-7-2-3-8-18(17)28-16/h2-9,16H,10-13H2,1H3,(H,22,25)(H,23,26)/p+1/t16-/m0/s1. The van der Waals surface area contributed by atoms with Crippen molar-refractivity contribution in [1.29, 1.82) is 0 Å². The molecular weight excluding hydrogens is 365 g/mol. The van der Waals surface area contributed by atoms with Crippen molar-refractivity contribution in [2.24, 2.45) is 0 Å². The number of quaternary nitrogens is 1. The van der Waals surface area contributed by atoms with Crippen molar-refractivity contribution < 1.29 is 28.4 Å². The van der Waals surface area contributed by atoms with E-state index in [1.807, 2.05) is 24.3 Å². The molecule has 3 rings (SSSR count). The fourth-order valence-electron chi connectivity index (χ4n) is 2.84. The fraction of sp³-hybridized carbons (Fsp3) is 0.300. The number of anilines is 1. The van der Waals surface area contributed by atoms with Crippen molar-refractivity contribution in [2.45, 2.75) is 6.10 Å². The Morgan fingerprint density at radius 1 is 1.11 bits per heavy atom. The summed E-state index contributed by atoms with van der Waals surface area (Å²) in [7, 11) is 1.74. The van der Waals surface area contributed by atoms with E-state index in [0.717, 1.165) is 0 Å². The third kappa shape index (κ3) is 5.68. The second-order valence-corrected chi connectivity index (χ2v) is 6.67. The molecule has 0 saturated heterocycles. The Hall–Kier alpha value is -3.13. The summed E-state index contributed by atoms with van der Waals surface area (Å²) < 4.78 is 24.5. The molecule has 148 valence electrons. The average molecular weight is 388 g/mol. The normalized spacial score (nSPS) is 16.1. The summed E-state index contributed by atoms with van der Waals surface area (Å²) in [5, 5.41) is 5.41.